The molecule has 0 heterocycles. The van der Waals surface area contributed by atoms with Crippen molar-refractivity contribution >= 4 is 17.7 Å². The highest BCUT2D eigenvalue weighted by Gasteiger charge is 2.21. The number of amides is 1. The van der Waals surface area contributed by atoms with Crippen molar-refractivity contribution in [2.45, 2.75) is 30.2 Å². The molecule has 0 fully saturated rings. The maximum atomic E-state index is 12.8. The van der Waals surface area contributed by atoms with Crippen LogP contribution in [0.5, 0.6) is 0 Å². The lowest BCUT2D eigenvalue weighted by Gasteiger charge is -2.26. The number of hydrogen-bond acceptors (Lipinski definition) is 2. The first kappa shape index (κ1) is 15.1. The molecule has 22 heavy (non-hydrogen) atoms. The van der Waals surface area contributed by atoms with Crippen LogP contribution in [0, 0.1) is 5.82 Å². The van der Waals surface area contributed by atoms with Crippen LogP contribution < -0.4 is 5.32 Å². The summed E-state index contributed by atoms with van der Waals surface area (Å²) in [6, 6.07) is 14.7. The van der Waals surface area contributed by atoms with Crippen molar-refractivity contribution in [2.24, 2.45) is 0 Å². The van der Waals surface area contributed by atoms with E-state index in [4.69, 9.17) is 0 Å². The summed E-state index contributed by atoms with van der Waals surface area (Å²) < 4.78 is 12.8. The minimum Gasteiger partial charge on any atom is -0.349 e. The molecule has 0 radical (unpaired) electrons. The molecule has 1 N–H and O–H groups in total. The van der Waals surface area contributed by atoms with E-state index in [1.165, 1.54) is 35.0 Å². The lowest BCUT2D eigenvalue weighted by molar-refractivity contribution is -0.119. The van der Waals surface area contributed by atoms with Crippen LogP contribution in [0.1, 0.15) is 30.0 Å². The molecule has 114 valence electrons. The van der Waals surface area contributed by atoms with E-state index < -0.39 is 0 Å². The standard InChI is InChI=1S/C18H18FNOS/c19-14-8-10-15(11-9-14)22-12-18(21)20-17-7-3-5-13-4-1-2-6-16(13)17/h1-2,4,6,8-11,17H,3,5,7,12H2,(H,20,21). The van der Waals surface area contributed by atoms with E-state index >= 15 is 0 Å². The summed E-state index contributed by atoms with van der Waals surface area (Å²) in [5.74, 6) is 0.119. The summed E-state index contributed by atoms with van der Waals surface area (Å²) >= 11 is 1.43. The molecule has 2 nitrogen and oxygen atoms in total. The van der Waals surface area contributed by atoms with Gasteiger partial charge in [0.2, 0.25) is 5.91 Å². The van der Waals surface area contributed by atoms with E-state index in [-0.39, 0.29) is 17.8 Å². The topological polar surface area (TPSA) is 29.1 Å². The zero-order chi connectivity index (χ0) is 15.4. The van der Waals surface area contributed by atoms with E-state index in [2.05, 4.69) is 17.4 Å². The largest absolute Gasteiger partial charge is 0.349 e. The summed E-state index contributed by atoms with van der Waals surface area (Å²) in [6.45, 7) is 0. The van der Waals surface area contributed by atoms with Gasteiger partial charge in [-0.2, -0.15) is 0 Å². The second kappa shape index (κ2) is 6.97. The van der Waals surface area contributed by atoms with E-state index in [1.807, 2.05) is 12.1 Å². The second-order valence-electron chi connectivity index (χ2n) is 5.45. The fourth-order valence-corrected chi connectivity index (χ4v) is 3.53. The zero-order valence-corrected chi connectivity index (χ0v) is 13.0. The molecule has 1 amide bonds. The molecule has 2 aromatic carbocycles. The smallest absolute Gasteiger partial charge is 0.230 e. The molecular formula is C18H18FNOS. The molecule has 1 aliphatic rings. The molecule has 2 aromatic rings. The molecular weight excluding hydrogens is 297 g/mol. The summed E-state index contributed by atoms with van der Waals surface area (Å²) in [6.07, 6.45) is 3.18. The van der Waals surface area contributed by atoms with Gasteiger partial charge in [0, 0.05) is 4.90 Å². The monoisotopic (exact) mass is 315 g/mol. The number of carbonyl (C=O) groups excluding carboxylic acids is 1. The van der Waals surface area contributed by atoms with Crippen molar-refractivity contribution in [2.75, 3.05) is 5.75 Å². The van der Waals surface area contributed by atoms with Crippen LogP contribution in [0.15, 0.2) is 53.4 Å². The van der Waals surface area contributed by atoms with Gasteiger partial charge in [0.05, 0.1) is 11.8 Å². The third-order valence-electron chi connectivity index (χ3n) is 3.89. The molecule has 0 aliphatic heterocycles. The quantitative estimate of drug-likeness (QED) is 0.860. The predicted octanol–water partition coefficient (Wildman–Crippen LogP) is 4.11. The predicted molar refractivity (Wildman–Crippen MR) is 87.4 cm³/mol. The first-order valence-corrected chi connectivity index (χ1v) is 8.46. The summed E-state index contributed by atoms with van der Waals surface area (Å²) in [5.41, 5.74) is 2.58. The van der Waals surface area contributed by atoms with Gasteiger partial charge < -0.3 is 5.32 Å². The average molecular weight is 315 g/mol. The van der Waals surface area contributed by atoms with Gasteiger partial charge >= 0.3 is 0 Å². The molecule has 0 saturated carbocycles. The number of hydrogen-bond donors (Lipinski definition) is 1. The van der Waals surface area contributed by atoms with Crippen molar-refractivity contribution in [1.29, 1.82) is 0 Å². The van der Waals surface area contributed by atoms with E-state index in [1.54, 1.807) is 12.1 Å². The van der Waals surface area contributed by atoms with E-state index in [9.17, 15) is 9.18 Å². The number of benzene rings is 2. The minimum absolute atomic E-state index is 0.0241. The number of carbonyl (C=O) groups is 1. The van der Waals surface area contributed by atoms with Crippen molar-refractivity contribution < 1.29 is 9.18 Å². The zero-order valence-electron chi connectivity index (χ0n) is 12.2. The van der Waals surface area contributed by atoms with Crippen LogP contribution in [-0.2, 0) is 11.2 Å². The van der Waals surface area contributed by atoms with Gasteiger partial charge in [0.15, 0.2) is 0 Å². The van der Waals surface area contributed by atoms with Gasteiger partial charge in [-0.1, -0.05) is 24.3 Å². The van der Waals surface area contributed by atoms with Crippen LogP contribution in [0.25, 0.3) is 0 Å². The fourth-order valence-electron chi connectivity index (χ4n) is 2.82. The van der Waals surface area contributed by atoms with Gasteiger partial charge in [-0.3, -0.25) is 4.79 Å². The maximum Gasteiger partial charge on any atom is 0.230 e. The molecule has 1 atom stereocenters. The van der Waals surface area contributed by atoms with Crippen molar-refractivity contribution in [1.82, 2.24) is 5.32 Å². The Labute approximate surface area is 134 Å². The van der Waals surface area contributed by atoms with Crippen LogP contribution in [0.3, 0.4) is 0 Å². The van der Waals surface area contributed by atoms with Crippen molar-refractivity contribution in [3.63, 3.8) is 0 Å². The van der Waals surface area contributed by atoms with E-state index in [0.717, 1.165) is 24.2 Å². The first-order chi connectivity index (χ1) is 10.7. The van der Waals surface area contributed by atoms with Crippen molar-refractivity contribution in [3.8, 4) is 0 Å². The maximum absolute atomic E-state index is 12.8. The molecule has 1 unspecified atom stereocenters. The number of rotatable bonds is 4. The molecule has 0 saturated heterocycles. The Bertz CT molecular complexity index is 656. The van der Waals surface area contributed by atoms with Crippen LogP contribution in [0.4, 0.5) is 4.39 Å². The van der Waals surface area contributed by atoms with Gasteiger partial charge in [0.1, 0.15) is 5.82 Å². The molecule has 4 heteroatoms. The normalized spacial score (nSPS) is 16.9. The lowest BCUT2D eigenvalue weighted by atomic mass is 9.88. The van der Waals surface area contributed by atoms with Gasteiger partial charge in [-0.15, -0.1) is 11.8 Å². The molecule has 3 rings (SSSR count). The number of halogens is 1. The lowest BCUT2D eigenvalue weighted by Crippen LogP contribution is -2.32. The summed E-state index contributed by atoms with van der Waals surface area (Å²) in [4.78, 5) is 13.1. The Balaban J connectivity index is 1.57. The van der Waals surface area contributed by atoms with Gasteiger partial charge in [-0.05, 0) is 54.7 Å². The minimum atomic E-state index is -0.257. The highest BCUT2D eigenvalue weighted by atomic mass is 32.2. The molecule has 0 spiro atoms. The molecule has 0 aromatic heterocycles. The number of aryl methyl sites for hydroxylation is 1. The Morgan fingerprint density at radius 1 is 1.18 bits per heavy atom. The Kier molecular flexibility index (Phi) is 4.78. The number of fused-ring (bicyclic) bond motifs is 1. The SMILES string of the molecule is O=C(CSc1ccc(F)cc1)NC1CCCc2ccccc21. The highest BCUT2D eigenvalue weighted by molar-refractivity contribution is 8.00. The Hall–Kier alpha value is -1.81. The van der Waals surface area contributed by atoms with Gasteiger partial charge in [0.25, 0.3) is 0 Å². The molecule has 1 aliphatic carbocycles. The summed E-state index contributed by atoms with van der Waals surface area (Å²) in [7, 11) is 0. The van der Waals surface area contributed by atoms with Crippen LogP contribution in [0.2, 0.25) is 0 Å². The number of nitrogens with one attached hydrogen (secondary N) is 1. The first-order valence-electron chi connectivity index (χ1n) is 7.48. The third kappa shape index (κ3) is 3.69. The van der Waals surface area contributed by atoms with Crippen LogP contribution >= 0.6 is 11.8 Å². The molecule has 0 bridgehead atoms. The summed E-state index contributed by atoms with van der Waals surface area (Å²) in [5, 5.41) is 3.12. The fraction of sp³-hybridized carbons (Fsp3) is 0.278. The van der Waals surface area contributed by atoms with Crippen LogP contribution in [-0.4, -0.2) is 11.7 Å². The average Bonchev–Trinajstić information content (AvgIpc) is 2.55. The highest BCUT2D eigenvalue weighted by Crippen LogP contribution is 2.29. The third-order valence-corrected chi connectivity index (χ3v) is 4.90. The second-order valence-corrected chi connectivity index (χ2v) is 6.50. The Morgan fingerprint density at radius 2 is 1.95 bits per heavy atom. The van der Waals surface area contributed by atoms with Crippen molar-refractivity contribution in [3.05, 3.63) is 65.5 Å². The number of thioether (sulfide) groups is 1. The van der Waals surface area contributed by atoms with Gasteiger partial charge in [-0.25, -0.2) is 4.39 Å². The Morgan fingerprint density at radius 3 is 2.77 bits per heavy atom. The van der Waals surface area contributed by atoms with E-state index in [0.29, 0.717) is 5.75 Å².